The van der Waals surface area contributed by atoms with Crippen molar-refractivity contribution in [3.8, 4) is 0 Å². The first-order valence-electron chi connectivity index (χ1n) is 3.22. The molecule has 1 aliphatic heterocycles. The average Bonchev–Trinajstić information content (AvgIpc) is 2.34. The summed E-state index contributed by atoms with van der Waals surface area (Å²) in [7, 11) is 3.33. The van der Waals surface area contributed by atoms with Gasteiger partial charge in [-0.2, -0.15) is 0 Å². The van der Waals surface area contributed by atoms with Crippen molar-refractivity contribution in [2.45, 2.75) is 6.42 Å². The number of rotatable bonds is 1. The molecule has 0 atom stereocenters. The van der Waals surface area contributed by atoms with Gasteiger partial charge in [0.15, 0.2) is 0 Å². The third kappa shape index (κ3) is 1.54. The maximum absolute atomic E-state index is 11.2. The highest BCUT2D eigenvalue weighted by atomic mass is 16.2. The summed E-state index contributed by atoms with van der Waals surface area (Å²) in [5, 5.41) is 7.18. The quantitative estimate of drug-likeness (QED) is 0.536. The topological polar surface area (TPSA) is 71.0 Å². The number of hydrogen-bond acceptors (Lipinski definition) is 4. The fourth-order valence-electron chi connectivity index (χ4n) is 0.743. The van der Waals surface area contributed by atoms with Gasteiger partial charge < -0.3 is 10.6 Å². The van der Waals surface area contributed by atoms with Crippen LogP contribution in [0.2, 0.25) is 0 Å². The molecule has 0 unspecified atom stereocenters. The molecular weight excluding hydrogens is 144 g/mol. The van der Waals surface area contributed by atoms with E-state index in [0.717, 1.165) is 0 Å². The van der Waals surface area contributed by atoms with Crippen LogP contribution in [0.1, 0.15) is 6.42 Å². The molecule has 0 saturated heterocycles. The van der Waals surface area contributed by atoms with Crippen LogP contribution in [-0.4, -0.2) is 36.4 Å². The smallest absolute Gasteiger partial charge is 0.270 e. The van der Waals surface area contributed by atoms with E-state index in [0.29, 0.717) is 18.0 Å². The lowest BCUT2D eigenvalue weighted by molar-refractivity contribution is -0.121. The highest BCUT2D eigenvalue weighted by molar-refractivity contribution is 6.42. The Balaban J connectivity index is 2.61. The number of amides is 1. The van der Waals surface area contributed by atoms with E-state index in [9.17, 15) is 4.79 Å². The molecule has 0 radical (unpaired) electrons. The number of nitrogens with two attached hydrogens (primary N) is 1. The second-order valence-electron chi connectivity index (χ2n) is 2.51. The maximum atomic E-state index is 11.2. The molecule has 11 heavy (non-hydrogen) atoms. The Labute approximate surface area is 64.6 Å². The minimum Gasteiger partial charge on any atom is -0.385 e. The number of amidine groups is 1. The molecule has 60 valence electrons. The first-order chi connectivity index (χ1) is 5.11. The highest BCUT2D eigenvalue weighted by Gasteiger charge is 2.18. The van der Waals surface area contributed by atoms with Gasteiger partial charge in [-0.3, -0.25) is 4.79 Å². The third-order valence-corrected chi connectivity index (χ3v) is 1.30. The molecule has 1 amide bonds. The molecule has 0 aromatic heterocycles. The fourth-order valence-corrected chi connectivity index (χ4v) is 0.743. The van der Waals surface area contributed by atoms with Gasteiger partial charge >= 0.3 is 0 Å². The van der Waals surface area contributed by atoms with E-state index in [-0.39, 0.29) is 5.91 Å². The molecule has 1 aliphatic rings. The zero-order valence-corrected chi connectivity index (χ0v) is 6.53. The van der Waals surface area contributed by atoms with Crippen LogP contribution >= 0.6 is 0 Å². The summed E-state index contributed by atoms with van der Waals surface area (Å²) in [6, 6.07) is 0. The minimum atomic E-state index is -0.130. The summed E-state index contributed by atoms with van der Waals surface area (Å²) >= 11 is 0. The molecule has 0 saturated carbocycles. The Morgan fingerprint density at radius 3 is 2.55 bits per heavy atom. The van der Waals surface area contributed by atoms with Gasteiger partial charge in [0.2, 0.25) is 0 Å². The highest BCUT2D eigenvalue weighted by Crippen LogP contribution is 2.00. The zero-order valence-electron chi connectivity index (χ0n) is 6.53. The molecule has 5 heteroatoms. The first-order valence-corrected chi connectivity index (χ1v) is 3.22. The van der Waals surface area contributed by atoms with Crippen LogP contribution in [0.5, 0.6) is 0 Å². The predicted octanol–water partition coefficient (Wildman–Crippen LogP) is -0.809. The van der Waals surface area contributed by atoms with E-state index in [2.05, 4.69) is 10.2 Å². The monoisotopic (exact) mass is 154 g/mol. The summed E-state index contributed by atoms with van der Waals surface area (Å²) in [4.78, 5) is 12.6. The molecule has 0 aromatic rings. The van der Waals surface area contributed by atoms with Gasteiger partial charge in [0.1, 0.15) is 11.5 Å². The van der Waals surface area contributed by atoms with Crippen LogP contribution < -0.4 is 5.73 Å². The molecule has 1 rings (SSSR count). The van der Waals surface area contributed by atoms with Crippen molar-refractivity contribution >= 4 is 17.5 Å². The summed E-state index contributed by atoms with van der Waals surface area (Å²) in [5.41, 5.74) is 5.74. The molecule has 2 N–H and O–H groups in total. The van der Waals surface area contributed by atoms with E-state index < -0.39 is 0 Å². The van der Waals surface area contributed by atoms with Crippen LogP contribution in [0, 0.1) is 0 Å². The Bertz CT molecular complexity index is 241. The van der Waals surface area contributed by atoms with Crippen LogP contribution in [0.25, 0.3) is 0 Å². The van der Waals surface area contributed by atoms with Crippen molar-refractivity contribution < 1.29 is 4.79 Å². The van der Waals surface area contributed by atoms with Gasteiger partial charge in [0, 0.05) is 14.1 Å². The Kier molecular flexibility index (Phi) is 1.89. The standard InChI is InChI=1S/C6H10N4O/c1-10(2)6(11)4-3-5(7)9-8-4/h3H2,1-2H3,(H2,7,9). The van der Waals surface area contributed by atoms with Gasteiger partial charge in [-0.25, -0.2) is 0 Å². The van der Waals surface area contributed by atoms with Gasteiger partial charge in [0.25, 0.3) is 5.91 Å². The van der Waals surface area contributed by atoms with Gasteiger partial charge in [-0.15, -0.1) is 10.2 Å². The fraction of sp³-hybridized carbons (Fsp3) is 0.500. The lowest BCUT2D eigenvalue weighted by Crippen LogP contribution is -2.30. The lowest BCUT2D eigenvalue weighted by atomic mass is 10.2. The van der Waals surface area contributed by atoms with E-state index in [1.54, 1.807) is 14.1 Å². The van der Waals surface area contributed by atoms with E-state index in [1.807, 2.05) is 0 Å². The third-order valence-electron chi connectivity index (χ3n) is 1.30. The molecule has 0 bridgehead atoms. The van der Waals surface area contributed by atoms with E-state index >= 15 is 0 Å². The largest absolute Gasteiger partial charge is 0.385 e. The summed E-state index contributed by atoms with van der Waals surface area (Å²) < 4.78 is 0. The molecule has 0 aliphatic carbocycles. The van der Waals surface area contributed by atoms with Crippen LogP contribution in [0.15, 0.2) is 10.2 Å². The van der Waals surface area contributed by atoms with Crippen molar-refractivity contribution in [2.75, 3.05) is 14.1 Å². The molecule has 0 aromatic carbocycles. The normalized spacial score (nSPS) is 15.8. The Morgan fingerprint density at radius 1 is 1.55 bits per heavy atom. The summed E-state index contributed by atoms with van der Waals surface area (Å²) in [6.45, 7) is 0. The molecule has 1 heterocycles. The minimum absolute atomic E-state index is 0.130. The zero-order chi connectivity index (χ0) is 8.43. The van der Waals surface area contributed by atoms with Crippen molar-refractivity contribution in [1.82, 2.24) is 4.90 Å². The number of hydrogen-bond donors (Lipinski definition) is 1. The molecule has 5 nitrogen and oxygen atoms in total. The molecule has 0 spiro atoms. The van der Waals surface area contributed by atoms with Crippen molar-refractivity contribution in [2.24, 2.45) is 15.9 Å². The van der Waals surface area contributed by atoms with Gasteiger partial charge in [0.05, 0.1) is 6.42 Å². The van der Waals surface area contributed by atoms with Crippen LogP contribution in [-0.2, 0) is 4.79 Å². The van der Waals surface area contributed by atoms with Gasteiger partial charge in [-0.1, -0.05) is 0 Å². The van der Waals surface area contributed by atoms with Gasteiger partial charge in [-0.05, 0) is 0 Å². The summed E-state index contributed by atoms with van der Waals surface area (Å²) in [5.74, 6) is 0.268. The average molecular weight is 154 g/mol. The van der Waals surface area contributed by atoms with Crippen LogP contribution in [0.4, 0.5) is 0 Å². The number of nitrogens with zero attached hydrogens (tertiary/aromatic N) is 3. The van der Waals surface area contributed by atoms with E-state index in [1.165, 1.54) is 4.90 Å². The number of carbonyl (C=O) groups is 1. The maximum Gasteiger partial charge on any atom is 0.270 e. The first kappa shape index (κ1) is 7.71. The second kappa shape index (κ2) is 2.69. The lowest BCUT2D eigenvalue weighted by Gasteiger charge is -2.08. The number of carbonyl (C=O) groups excluding carboxylic acids is 1. The molecular formula is C6H10N4O. The SMILES string of the molecule is CN(C)C(=O)C1=NN=C(N)C1. The van der Waals surface area contributed by atoms with E-state index in [4.69, 9.17) is 5.73 Å². The van der Waals surface area contributed by atoms with Crippen LogP contribution in [0.3, 0.4) is 0 Å². The second-order valence-corrected chi connectivity index (χ2v) is 2.51. The molecule has 0 fully saturated rings. The Hall–Kier alpha value is -1.39. The predicted molar refractivity (Wildman–Crippen MR) is 42.4 cm³/mol. The van der Waals surface area contributed by atoms with Crippen molar-refractivity contribution in [3.63, 3.8) is 0 Å². The Morgan fingerprint density at radius 2 is 2.18 bits per heavy atom. The van der Waals surface area contributed by atoms with Crippen molar-refractivity contribution in [1.29, 1.82) is 0 Å². The summed E-state index contributed by atoms with van der Waals surface area (Å²) in [6.07, 6.45) is 0.372. The van der Waals surface area contributed by atoms with Crippen molar-refractivity contribution in [3.05, 3.63) is 0 Å².